The van der Waals surface area contributed by atoms with Gasteiger partial charge in [-0.25, -0.2) is 4.68 Å². The fourth-order valence-electron chi connectivity index (χ4n) is 2.47. The smallest absolute Gasteiger partial charge is 0.311 e. The Morgan fingerprint density at radius 3 is 2.70 bits per heavy atom. The molecular formula is C17H18N6O4. The third-order valence-corrected chi connectivity index (χ3v) is 3.79. The van der Waals surface area contributed by atoms with Gasteiger partial charge in [-0.2, -0.15) is 10.2 Å². The SMILES string of the molecule is CN(Cc1ccn(C)n1)C(=O)c1ccn(COc2ccccc2[N+](=O)[O-])n1. The maximum absolute atomic E-state index is 12.5. The lowest BCUT2D eigenvalue weighted by Gasteiger charge is -2.14. The summed E-state index contributed by atoms with van der Waals surface area (Å²) in [6.07, 6.45) is 3.39. The Hall–Kier alpha value is -3.69. The van der Waals surface area contributed by atoms with Crippen LogP contribution < -0.4 is 4.74 Å². The van der Waals surface area contributed by atoms with Crippen molar-refractivity contribution < 1.29 is 14.5 Å². The van der Waals surface area contributed by atoms with Gasteiger partial charge in [0.15, 0.2) is 18.2 Å². The van der Waals surface area contributed by atoms with Gasteiger partial charge in [-0.1, -0.05) is 12.1 Å². The monoisotopic (exact) mass is 370 g/mol. The first-order valence-corrected chi connectivity index (χ1v) is 8.07. The minimum absolute atomic E-state index is 0.0535. The van der Waals surface area contributed by atoms with E-state index in [-0.39, 0.29) is 29.8 Å². The fourth-order valence-corrected chi connectivity index (χ4v) is 2.47. The summed E-state index contributed by atoms with van der Waals surface area (Å²) in [4.78, 5) is 24.5. The second-order valence-corrected chi connectivity index (χ2v) is 5.88. The Kier molecular flexibility index (Phi) is 5.15. The average Bonchev–Trinajstić information content (AvgIpc) is 3.28. The van der Waals surface area contributed by atoms with Crippen LogP contribution in [0.5, 0.6) is 5.75 Å². The number of para-hydroxylation sites is 2. The van der Waals surface area contributed by atoms with Crippen molar-refractivity contribution in [1.82, 2.24) is 24.5 Å². The molecule has 0 aliphatic carbocycles. The van der Waals surface area contributed by atoms with Crippen molar-refractivity contribution in [2.24, 2.45) is 7.05 Å². The molecule has 0 saturated heterocycles. The largest absolute Gasteiger partial charge is 0.464 e. The molecule has 1 amide bonds. The van der Waals surface area contributed by atoms with Crippen LogP contribution in [0.3, 0.4) is 0 Å². The zero-order chi connectivity index (χ0) is 19.4. The molecule has 3 rings (SSSR count). The number of nitrogens with zero attached hydrogens (tertiary/aromatic N) is 6. The number of carbonyl (C=O) groups is 1. The summed E-state index contributed by atoms with van der Waals surface area (Å²) >= 11 is 0. The Balaban J connectivity index is 1.62. The zero-order valence-corrected chi connectivity index (χ0v) is 14.8. The van der Waals surface area contributed by atoms with Gasteiger partial charge >= 0.3 is 5.69 Å². The van der Waals surface area contributed by atoms with Crippen LogP contribution in [0, 0.1) is 10.1 Å². The van der Waals surface area contributed by atoms with E-state index in [9.17, 15) is 14.9 Å². The Morgan fingerprint density at radius 1 is 1.22 bits per heavy atom. The topological polar surface area (TPSA) is 108 Å². The van der Waals surface area contributed by atoms with Crippen LogP contribution >= 0.6 is 0 Å². The highest BCUT2D eigenvalue weighted by atomic mass is 16.6. The summed E-state index contributed by atoms with van der Waals surface area (Å²) < 4.78 is 8.53. The van der Waals surface area contributed by atoms with Crippen molar-refractivity contribution in [3.05, 3.63) is 70.3 Å². The van der Waals surface area contributed by atoms with Crippen LogP contribution in [-0.2, 0) is 20.3 Å². The molecule has 27 heavy (non-hydrogen) atoms. The molecule has 0 spiro atoms. The van der Waals surface area contributed by atoms with E-state index in [0.717, 1.165) is 5.69 Å². The van der Waals surface area contributed by atoms with Gasteiger partial charge in [0.05, 0.1) is 17.2 Å². The van der Waals surface area contributed by atoms with Gasteiger partial charge in [0, 0.05) is 32.6 Å². The number of hydrogen-bond acceptors (Lipinski definition) is 6. The molecule has 0 aliphatic rings. The molecule has 0 bridgehead atoms. The van der Waals surface area contributed by atoms with Crippen molar-refractivity contribution in [3.8, 4) is 5.75 Å². The van der Waals surface area contributed by atoms with E-state index < -0.39 is 4.92 Å². The highest BCUT2D eigenvalue weighted by molar-refractivity contribution is 5.91. The van der Waals surface area contributed by atoms with E-state index in [2.05, 4.69) is 10.2 Å². The minimum atomic E-state index is -0.514. The van der Waals surface area contributed by atoms with Gasteiger partial charge in [0.25, 0.3) is 5.91 Å². The van der Waals surface area contributed by atoms with E-state index in [4.69, 9.17) is 4.74 Å². The molecule has 2 heterocycles. The molecule has 1 aromatic carbocycles. The molecule has 0 radical (unpaired) electrons. The van der Waals surface area contributed by atoms with Gasteiger partial charge in [-0.15, -0.1) is 0 Å². The predicted molar refractivity (Wildman–Crippen MR) is 95.0 cm³/mol. The third-order valence-electron chi connectivity index (χ3n) is 3.79. The summed E-state index contributed by atoms with van der Waals surface area (Å²) in [7, 11) is 3.48. The van der Waals surface area contributed by atoms with E-state index in [1.165, 1.54) is 21.7 Å². The van der Waals surface area contributed by atoms with Gasteiger partial charge < -0.3 is 9.64 Å². The van der Waals surface area contributed by atoms with Crippen molar-refractivity contribution in [1.29, 1.82) is 0 Å². The van der Waals surface area contributed by atoms with Crippen LogP contribution in [-0.4, -0.2) is 42.3 Å². The van der Waals surface area contributed by atoms with Crippen molar-refractivity contribution in [2.75, 3.05) is 7.05 Å². The average molecular weight is 370 g/mol. The van der Waals surface area contributed by atoms with Crippen LogP contribution in [0.4, 0.5) is 5.69 Å². The number of hydrogen-bond donors (Lipinski definition) is 0. The maximum Gasteiger partial charge on any atom is 0.311 e. The standard InChI is InChI=1S/C17H18N6O4/c1-20(11-13-7-9-21(2)18-13)17(24)14-8-10-22(19-14)12-27-16-6-4-3-5-15(16)23(25)26/h3-10H,11-12H2,1-2H3. The Labute approximate surface area is 154 Å². The Morgan fingerprint density at radius 2 is 2.00 bits per heavy atom. The first-order valence-electron chi connectivity index (χ1n) is 8.07. The molecule has 0 fully saturated rings. The van der Waals surface area contributed by atoms with Crippen LogP contribution in [0.2, 0.25) is 0 Å². The minimum Gasteiger partial charge on any atom is -0.464 e. The van der Waals surface area contributed by atoms with Gasteiger partial charge in [-0.3, -0.25) is 19.6 Å². The van der Waals surface area contributed by atoms with E-state index in [1.54, 1.807) is 36.1 Å². The molecule has 2 aromatic heterocycles. The molecule has 3 aromatic rings. The lowest BCUT2D eigenvalue weighted by molar-refractivity contribution is -0.386. The van der Waals surface area contributed by atoms with Gasteiger partial charge in [0.1, 0.15) is 0 Å². The summed E-state index contributed by atoms with van der Waals surface area (Å²) in [6.45, 7) is 0.307. The van der Waals surface area contributed by atoms with Crippen molar-refractivity contribution in [2.45, 2.75) is 13.3 Å². The molecule has 0 saturated carbocycles. The Bertz CT molecular complexity index is 964. The maximum atomic E-state index is 12.5. The summed E-state index contributed by atoms with van der Waals surface area (Å²) in [5.74, 6) is -0.122. The van der Waals surface area contributed by atoms with Gasteiger partial charge in [-0.05, 0) is 18.2 Å². The van der Waals surface area contributed by atoms with E-state index >= 15 is 0 Å². The molecule has 10 nitrogen and oxygen atoms in total. The van der Waals surface area contributed by atoms with Crippen molar-refractivity contribution >= 4 is 11.6 Å². The number of nitro benzene ring substituents is 1. The van der Waals surface area contributed by atoms with Gasteiger partial charge in [0.2, 0.25) is 0 Å². The lowest BCUT2D eigenvalue weighted by atomic mass is 10.3. The molecular weight excluding hydrogens is 352 g/mol. The molecule has 0 N–H and O–H groups in total. The van der Waals surface area contributed by atoms with Crippen LogP contribution in [0.1, 0.15) is 16.2 Å². The molecule has 10 heteroatoms. The lowest BCUT2D eigenvalue weighted by Crippen LogP contribution is -2.27. The number of aryl methyl sites for hydroxylation is 1. The summed E-state index contributed by atoms with van der Waals surface area (Å²) in [6, 6.07) is 9.48. The first-order chi connectivity index (χ1) is 12.9. The molecule has 0 aliphatic heterocycles. The molecule has 140 valence electrons. The number of benzene rings is 1. The van der Waals surface area contributed by atoms with E-state index in [0.29, 0.717) is 6.54 Å². The molecule has 0 atom stereocenters. The van der Waals surface area contributed by atoms with Crippen molar-refractivity contribution in [3.63, 3.8) is 0 Å². The highest BCUT2D eigenvalue weighted by Crippen LogP contribution is 2.25. The molecule has 0 unspecified atom stereocenters. The number of rotatable bonds is 7. The summed E-state index contributed by atoms with van der Waals surface area (Å²) in [5, 5.41) is 19.4. The summed E-state index contributed by atoms with van der Waals surface area (Å²) in [5.41, 5.74) is 0.892. The normalized spacial score (nSPS) is 10.6. The van der Waals surface area contributed by atoms with Crippen LogP contribution in [0.25, 0.3) is 0 Å². The first kappa shape index (κ1) is 18.1. The number of carbonyl (C=O) groups excluding carboxylic acids is 1. The number of ether oxygens (including phenoxy) is 1. The number of nitro groups is 1. The third kappa shape index (κ3) is 4.29. The quantitative estimate of drug-likeness (QED) is 0.464. The second kappa shape index (κ2) is 7.68. The fraction of sp³-hybridized carbons (Fsp3) is 0.235. The number of aromatic nitrogens is 4. The number of amides is 1. The predicted octanol–water partition coefficient (Wildman–Crippen LogP) is 1.83. The second-order valence-electron chi connectivity index (χ2n) is 5.88. The van der Waals surface area contributed by atoms with E-state index in [1.807, 2.05) is 19.3 Å². The zero-order valence-electron chi connectivity index (χ0n) is 14.8. The highest BCUT2D eigenvalue weighted by Gasteiger charge is 2.17. The van der Waals surface area contributed by atoms with Crippen LogP contribution in [0.15, 0.2) is 48.8 Å².